The van der Waals surface area contributed by atoms with Crippen LogP contribution in [0, 0.1) is 20.8 Å². The molecule has 0 saturated heterocycles. The highest BCUT2D eigenvalue weighted by atomic mass is 16.5. The van der Waals surface area contributed by atoms with Gasteiger partial charge in [-0.2, -0.15) is 0 Å². The Balaban J connectivity index is 2.25. The van der Waals surface area contributed by atoms with Crippen molar-refractivity contribution >= 4 is 17.9 Å². The lowest BCUT2D eigenvalue weighted by atomic mass is 10.0. The summed E-state index contributed by atoms with van der Waals surface area (Å²) >= 11 is 0. The van der Waals surface area contributed by atoms with Crippen LogP contribution in [-0.2, 0) is 20.9 Å². The molecule has 24 heavy (non-hydrogen) atoms. The number of imide groups is 1. The number of aryl methyl sites for hydroxylation is 3. The van der Waals surface area contributed by atoms with Crippen LogP contribution in [0.25, 0.3) is 5.57 Å². The van der Waals surface area contributed by atoms with Crippen molar-refractivity contribution in [3.63, 3.8) is 0 Å². The van der Waals surface area contributed by atoms with Gasteiger partial charge in [0.1, 0.15) is 6.61 Å². The molecule has 0 saturated carbocycles. The van der Waals surface area contributed by atoms with Gasteiger partial charge in [-0.15, -0.1) is 0 Å². The van der Waals surface area contributed by atoms with Crippen molar-refractivity contribution in [1.29, 1.82) is 0 Å². The molecule has 2 amide bonds. The number of hydrogen-bond donors (Lipinski definition) is 1. The first kappa shape index (κ1) is 17.5. The predicted octanol–water partition coefficient (Wildman–Crippen LogP) is 3.44. The van der Waals surface area contributed by atoms with Gasteiger partial charge < -0.3 is 4.74 Å². The number of carbonyl (C=O) groups is 2. The molecular weight excluding hydrogens is 302 g/mol. The second-order valence-corrected chi connectivity index (χ2v) is 5.66. The molecule has 0 aliphatic carbocycles. The SMILES string of the molecule is Cc1ccc(/C(=C/OCc2ccccc2C)C(=O)NC=O)cc1C. The third-order valence-electron chi connectivity index (χ3n) is 3.95. The lowest BCUT2D eigenvalue weighted by molar-refractivity contribution is -0.121. The summed E-state index contributed by atoms with van der Waals surface area (Å²) in [4.78, 5) is 22.8. The lowest BCUT2D eigenvalue weighted by Gasteiger charge is -2.10. The molecule has 124 valence electrons. The molecule has 0 aliphatic heterocycles. The van der Waals surface area contributed by atoms with Crippen LogP contribution in [0.15, 0.2) is 48.7 Å². The van der Waals surface area contributed by atoms with E-state index in [4.69, 9.17) is 4.74 Å². The van der Waals surface area contributed by atoms with Crippen molar-refractivity contribution in [1.82, 2.24) is 5.32 Å². The lowest BCUT2D eigenvalue weighted by Crippen LogP contribution is -2.22. The molecule has 0 radical (unpaired) electrons. The smallest absolute Gasteiger partial charge is 0.261 e. The van der Waals surface area contributed by atoms with Gasteiger partial charge in [0.15, 0.2) is 0 Å². The zero-order valence-electron chi connectivity index (χ0n) is 14.1. The molecule has 0 aliphatic rings. The zero-order chi connectivity index (χ0) is 17.5. The maximum atomic E-state index is 12.2. The second kappa shape index (κ2) is 8.11. The maximum absolute atomic E-state index is 12.2. The van der Waals surface area contributed by atoms with E-state index in [0.717, 1.165) is 22.3 Å². The normalized spacial score (nSPS) is 11.0. The van der Waals surface area contributed by atoms with Crippen LogP contribution in [0.5, 0.6) is 0 Å². The van der Waals surface area contributed by atoms with Gasteiger partial charge in [0, 0.05) is 0 Å². The summed E-state index contributed by atoms with van der Waals surface area (Å²) in [6.45, 7) is 6.34. The van der Waals surface area contributed by atoms with Gasteiger partial charge in [-0.05, 0) is 48.6 Å². The first-order chi connectivity index (χ1) is 11.5. The standard InChI is InChI=1S/C20H21NO3/c1-14-8-9-17(10-16(14)3)19(20(23)21-13-22)12-24-11-18-7-5-4-6-15(18)2/h4-10,12-13H,11H2,1-3H3,(H,21,22,23)/b19-12-. The van der Waals surface area contributed by atoms with Crippen molar-refractivity contribution in [2.45, 2.75) is 27.4 Å². The van der Waals surface area contributed by atoms with Crippen LogP contribution >= 0.6 is 0 Å². The first-order valence-corrected chi connectivity index (χ1v) is 7.71. The van der Waals surface area contributed by atoms with E-state index in [1.807, 2.05) is 63.2 Å². The van der Waals surface area contributed by atoms with E-state index in [-0.39, 0.29) is 0 Å². The van der Waals surface area contributed by atoms with Crippen molar-refractivity contribution in [3.05, 3.63) is 76.5 Å². The minimum absolute atomic E-state index is 0.318. The topological polar surface area (TPSA) is 55.4 Å². The molecule has 0 aromatic heterocycles. The number of ether oxygens (including phenoxy) is 1. The van der Waals surface area contributed by atoms with Crippen LogP contribution in [0.1, 0.15) is 27.8 Å². The van der Waals surface area contributed by atoms with E-state index in [1.54, 1.807) is 0 Å². The fraction of sp³-hybridized carbons (Fsp3) is 0.200. The molecule has 0 atom stereocenters. The fourth-order valence-electron chi connectivity index (χ4n) is 2.28. The molecule has 4 nitrogen and oxygen atoms in total. The summed E-state index contributed by atoms with van der Waals surface area (Å²) < 4.78 is 5.62. The Morgan fingerprint density at radius 2 is 1.79 bits per heavy atom. The minimum Gasteiger partial charge on any atom is -0.496 e. The summed E-state index contributed by atoms with van der Waals surface area (Å²) in [7, 11) is 0. The van der Waals surface area contributed by atoms with E-state index >= 15 is 0 Å². The number of amides is 2. The summed E-state index contributed by atoms with van der Waals surface area (Å²) in [5, 5.41) is 2.17. The number of hydrogen-bond acceptors (Lipinski definition) is 3. The van der Waals surface area contributed by atoms with E-state index in [0.29, 0.717) is 24.2 Å². The highest BCUT2D eigenvalue weighted by Gasteiger charge is 2.13. The number of carbonyl (C=O) groups excluding carboxylic acids is 2. The Morgan fingerprint density at radius 1 is 1.04 bits per heavy atom. The van der Waals surface area contributed by atoms with Crippen LogP contribution < -0.4 is 5.32 Å². The monoisotopic (exact) mass is 323 g/mol. The number of nitrogens with one attached hydrogen (secondary N) is 1. The Hall–Kier alpha value is -2.88. The van der Waals surface area contributed by atoms with E-state index in [1.165, 1.54) is 6.26 Å². The van der Waals surface area contributed by atoms with Crippen LogP contribution in [0.2, 0.25) is 0 Å². The summed E-state index contributed by atoms with van der Waals surface area (Å²) in [5.41, 5.74) is 5.40. The van der Waals surface area contributed by atoms with E-state index in [2.05, 4.69) is 5.32 Å². The largest absolute Gasteiger partial charge is 0.496 e. The minimum atomic E-state index is -0.488. The number of rotatable bonds is 6. The van der Waals surface area contributed by atoms with Crippen LogP contribution in [0.4, 0.5) is 0 Å². The highest BCUT2D eigenvalue weighted by molar-refractivity contribution is 6.21. The van der Waals surface area contributed by atoms with Crippen LogP contribution in [0.3, 0.4) is 0 Å². The molecule has 4 heteroatoms. The van der Waals surface area contributed by atoms with Gasteiger partial charge >= 0.3 is 0 Å². The van der Waals surface area contributed by atoms with Gasteiger partial charge in [0.25, 0.3) is 5.91 Å². The Morgan fingerprint density at radius 3 is 2.46 bits per heavy atom. The molecule has 0 heterocycles. The van der Waals surface area contributed by atoms with Gasteiger partial charge in [0.2, 0.25) is 6.41 Å². The third-order valence-corrected chi connectivity index (χ3v) is 3.95. The number of benzene rings is 2. The van der Waals surface area contributed by atoms with Crippen molar-refractivity contribution in [2.24, 2.45) is 0 Å². The van der Waals surface area contributed by atoms with E-state index in [9.17, 15) is 9.59 Å². The van der Waals surface area contributed by atoms with Crippen LogP contribution in [-0.4, -0.2) is 12.3 Å². The predicted molar refractivity (Wildman–Crippen MR) is 94.1 cm³/mol. The van der Waals surface area contributed by atoms with Gasteiger partial charge in [-0.3, -0.25) is 14.9 Å². The average molecular weight is 323 g/mol. The Labute approximate surface area is 142 Å². The van der Waals surface area contributed by atoms with Gasteiger partial charge in [0.05, 0.1) is 11.8 Å². The highest BCUT2D eigenvalue weighted by Crippen LogP contribution is 2.19. The second-order valence-electron chi connectivity index (χ2n) is 5.66. The third kappa shape index (κ3) is 4.32. The quantitative estimate of drug-likeness (QED) is 0.503. The molecule has 1 N–H and O–H groups in total. The first-order valence-electron chi connectivity index (χ1n) is 7.71. The molecule has 0 spiro atoms. The summed E-state index contributed by atoms with van der Waals surface area (Å²) in [6, 6.07) is 13.6. The maximum Gasteiger partial charge on any atom is 0.261 e. The fourth-order valence-corrected chi connectivity index (χ4v) is 2.28. The van der Waals surface area contributed by atoms with Crippen molar-refractivity contribution < 1.29 is 14.3 Å². The molecule has 2 aromatic carbocycles. The zero-order valence-corrected chi connectivity index (χ0v) is 14.1. The molecule has 2 rings (SSSR count). The van der Waals surface area contributed by atoms with E-state index < -0.39 is 5.91 Å². The molecule has 0 fully saturated rings. The summed E-state index contributed by atoms with van der Waals surface area (Å²) in [6.07, 6.45) is 1.79. The summed E-state index contributed by atoms with van der Waals surface area (Å²) in [5.74, 6) is -0.488. The van der Waals surface area contributed by atoms with Crippen molar-refractivity contribution in [2.75, 3.05) is 0 Å². The molecular formula is C20H21NO3. The average Bonchev–Trinajstić information content (AvgIpc) is 2.56. The Bertz CT molecular complexity index is 778. The molecule has 0 unspecified atom stereocenters. The van der Waals surface area contributed by atoms with Gasteiger partial charge in [-0.25, -0.2) is 0 Å². The Kier molecular flexibility index (Phi) is 5.90. The van der Waals surface area contributed by atoms with Gasteiger partial charge in [-0.1, -0.05) is 42.5 Å². The molecule has 2 aromatic rings. The molecule has 0 bridgehead atoms. The van der Waals surface area contributed by atoms with Crippen molar-refractivity contribution in [3.8, 4) is 0 Å².